The molecule has 1 saturated carbocycles. The first-order valence-electron chi connectivity index (χ1n) is 6.13. The summed E-state index contributed by atoms with van der Waals surface area (Å²) in [5.41, 5.74) is 0.389. The molecule has 1 aliphatic rings. The highest BCUT2D eigenvalue weighted by Gasteiger charge is 2.36. The average molecular weight is 239 g/mol. The van der Waals surface area contributed by atoms with E-state index in [1.165, 1.54) is 24.1 Å². The summed E-state index contributed by atoms with van der Waals surface area (Å²) in [7, 11) is 0. The lowest BCUT2D eigenvalue weighted by atomic mass is 9.66. The van der Waals surface area contributed by atoms with E-state index in [0.717, 1.165) is 13.0 Å². The molecule has 1 atom stereocenters. The Morgan fingerprint density at radius 2 is 2.38 bits per heavy atom. The van der Waals surface area contributed by atoms with E-state index < -0.39 is 0 Å². The number of nitrogens with one attached hydrogen (secondary N) is 1. The van der Waals surface area contributed by atoms with Crippen LogP contribution in [0.5, 0.6) is 0 Å². The fourth-order valence-electron chi connectivity index (χ4n) is 2.44. The quantitative estimate of drug-likeness (QED) is 0.800. The molecular weight excluding hydrogens is 218 g/mol. The molecule has 1 fully saturated rings. The lowest BCUT2D eigenvalue weighted by Crippen LogP contribution is -2.41. The van der Waals surface area contributed by atoms with Gasteiger partial charge in [-0.1, -0.05) is 12.5 Å². The molecule has 1 unspecified atom stereocenters. The molecule has 0 aromatic carbocycles. The molecule has 1 aromatic rings. The Bertz CT molecular complexity index is 306. The van der Waals surface area contributed by atoms with Gasteiger partial charge in [-0.2, -0.15) is 0 Å². The molecular formula is C13H21NOS. The zero-order chi connectivity index (χ0) is 11.4. The number of aliphatic hydroxyl groups excluding tert-OH is 1. The van der Waals surface area contributed by atoms with Gasteiger partial charge in [0, 0.05) is 24.1 Å². The predicted molar refractivity (Wildman–Crippen MR) is 68.7 cm³/mol. The van der Waals surface area contributed by atoms with E-state index in [4.69, 9.17) is 5.11 Å². The van der Waals surface area contributed by atoms with Crippen molar-refractivity contribution in [3.05, 3.63) is 22.4 Å². The maximum atomic E-state index is 9.09. The van der Waals surface area contributed by atoms with Gasteiger partial charge in [-0.3, -0.25) is 0 Å². The van der Waals surface area contributed by atoms with E-state index in [-0.39, 0.29) is 0 Å². The Hall–Kier alpha value is -0.380. The van der Waals surface area contributed by atoms with Crippen LogP contribution in [0.3, 0.4) is 0 Å². The SMILES string of the molecule is CC(NCC1(CCO)CCC1)c1cccs1. The minimum Gasteiger partial charge on any atom is -0.396 e. The molecule has 3 heteroatoms. The second-order valence-electron chi connectivity index (χ2n) is 4.95. The van der Waals surface area contributed by atoms with Crippen LogP contribution in [0.2, 0.25) is 0 Å². The fraction of sp³-hybridized carbons (Fsp3) is 0.692. The van der Waals surface area contributed by atoms with E-state index in [1.807, 2.05) is 11.3 Å². The topological polar surface area (TPSA) is 32.3 Å². The Morgan fingerprint density at radius 3 is 2.88 bits per heavy atom. The molecule has 2 N–H and O–H groups in total. The van der Waals surface area contributed by atoms with E-state index in [1.54, 1.807) is 0 Å². The standard InChI is InChI=1S/C13H21NOS/c1-11(12-4-2-9-16-12)14-10-13(7-8-15)5-3-6-13/h2,4,9,11,14-15H,3,5-8,10H2,1H3. The minimum atomic E-state index is 0.328. The zero-order valence-electron chi connectivity index (χ0n) is 9.91. The summed E-state index contributed by atoms with van der Waals surface area (Å²) in [6.45, 7) is 3.60. The second kappa shape index (κ2) is 5.30. The van der Waals surface area contributed by atoms with E-state index in [9.17, 15) is 0 Å². The summed E-state index contributed by atoms with van der Waals surface area (Å²) in [5, 5.41) is 14.8. The lowest BCUT2D eigenvalue weighted by Gasteiger charge is -2.42. The number of rotatable bonds is 6. The van der Waals surface area contributed by atoms with Crippen molar-refractivity contribution in [1.82, 2.24) is 5.32 Å². The van der Waals surface area contributed by atoms with Gasteiger partial charge in [-0.15, -0.1) is 11.3 Å². The summed E-state index contributed by atoms with van der Waals surface area (Å²) in [6.07, 6.45) is 4.83. The maximum absolute atomic E-state index is 9.09. The summed E-state index contributed by atoms with van der Waals surface area (Å²) < 4.78 is 0. The van der Waals surface area contributed by atoms with Gasteiger partial charge < -0.3 is 10.4 Å². The second-order valence-corrected chi connectivity index (χ2v) is 5.92. The number of aliphatic hydroxyl groups is 1. The van der Waals surface area contributed by atoms with E-state index >= 15 is 0 Å². The molecule has 0 bridgehead atoms. The van der Waals surface area contributed by atoms with Gasteiger partial charge >= 0.3 is 0 Å². The molecule has 2 nitrogen and oxygen atoms in total. The summed E-state index contributed by atoms with van der Waals surface area (Å²) in [4.78, 5) is 1.40. The van der Waals surface area contributed by atoms with Gasteiger partial charge in [0.15, 0.2) is 0 Å². The molecule has 0 amide bonds. The van der Waals surface area contributed by atoms with Crippen molar-refractivity contribution >= 4 is 11.3 Å². The van der Waals surface area contributed by atoms with Crippen molar-refractivity contribution in [2.75, 3.05) is 13.2 Å². The first kappa shape index (κ1) is 12.1. The van der Waals surface area contributed by atoms with Gasteiger partial charge in [0.05, 0.1) is 0 Å². The van der Waals surface area contributed by atoms with Crippen molar-refractivity contribution < 1.29 is 5.11 Å². The van der Waals surface area contributed by atoms with Crippen molar-refractivity contribution in [3.8, 4) is 0 Å². The smallest absolute Gasteiger partial charge is 0.0436 e. The van der Waals surface area contributed by atoms with Gasteiger partial charge in [0.1, 0.15) is 0 Å². The molecule has 1 heterocycles. The van der Waals surface area contributed by atoms with Crippen LogP contribution < -0.4 is 5.32 Å². The monoisotopic (exact) mass is 239 g/mol. The third-order valence-corrected chi connectivity index (χ3v) is 4.86. The van der Waals surface area contributed by atoms with Gasteiger partial charge in [-0.05, 0) is 43.0 Å². The average Bonchev–Trinajstić information content (AvgIpc) is 2.74. The van der Waals surface area contributed by atoms with Gasteiger partial charge in [0.25, 0.3) is 0 Å². The Morgan fingerprint density at radius 1 is 1.56 bits per heavy atom. The van der Waals surface area contributed by atoms with Gasteiger partial charge in [0.2, 0.25) is 0 Å². The zero-order valence-corrected chi connectivity index (χ0v) is 10.7. The number of hydrogen-bond acceptors (Lipinski definition) is 3. The highest BCUT2D eigenvalue weighted by atomic mass is 32.1. The van der Waals surface area contributed by atoms with Gasteiger partial charge in [-0.25, -0.2) is 0 Å². The molecule has 1 aliphatic carbocycles. The van der Waals surface area contributed by atoms with E-state index in [2.05, 4.69) is 29.8 Å². The Kier molecular flexibility index (Phi) is 4.00. The first-order chi connectivity index (χ1) is 7.76. The Labute approximate surface area is 102 Å². The van der Waals surface area contributed by atoms with Crippen LogP contribution in [-0.4, -0.2) is 18.3 Å². The molecule has 2 rings (SSSR count). The fourth-order valence-corrected chi connectivity index (χ4v) is 3.20. The van der Waals surface area contributed by atoms with E-state index in [0.29, 0.717) is 18.1 Å². The first-order valence-corrected chi connectivity index (χ1v) is 7.01. The van der Waals surface area contributed by atoms with Crippen LogP contribution in [0.25, 0.3) is 0 Å². The third kappa shape index (κ3) is 2.65. The number of hydrogen-bond donors (Lipinski definition) is 2. The molecule has 0 aliphatic heterocycles. The van der Waals surface area contributed by atoms with Crippen LogP contribution in [-0.2, 0) is 0 Å². The third-order valence-electron chi connectivity index (χ3n) is 3.81. The van der Waals surface area contributed by atoms with Crippen LogP contribution in [0, 0.1) is 5.41 Å². The maximum Gasteiger partial charge on any atom is 0.0436 e. The summed E-state index contributed by atoms with van der Waals surface area (Å²) in [6, 6.07) is 4.73. The lowest BCUT2D eigenvalue weighted by molar-refractivity contribution is 0.0834. The van der Waals surface area contributed by atoms with Crippen LogP contribution in [0.4, 0.5) is 0 Å². The molecule has 0 saturated heterocycles. The Balaban J connectivity index is 1.82. The largest absolute Gasteiger partial charge is 0.396 e. The van der Waals surface area contributed by atoms with Crippen molar-refractivity contribution in [1.29, 1.82) is 0 Å². The highest BCUT2D eigenvalue weighted by Crippen LogP contribution is 2.43. The van der Waals surface area contributed by atoms with Crippen molar-refractivity contribution in [2.24, 2.45) is 5.41 Å². The summed E-state index contributed by atoms with van der Waals surface area (Å²) >= 11 is 1.81. The van der Waals surface area contributed by atoms with Crippen LogP contribution >= 0.6 is 11.3 Å². The summed E-state index contributed by atoms with van der Waals surface area (Å²) in [5.74, 6) is 0. The van der Waals surface area contributed by atoms with Crippen LogP contribution in [0.1, 0.15) is 43.5 Å². The molecule has 0 spiro atoms. The predicted octanol–water partition coefficient (Wildman–Crippen LogP) is 2.95. The van der Waals surface area contributed by atoms with Crippen molar-refractivity contribution in [3.63, 3.8) is 0 Å². The molecule has 16 heavy (non-hydrogen) atoms. The minimum absolute atomic E-state index is 0.328. The normalized spacial score (nSPS) is 20.4. The molecule has 1 aromatic heterocycles. The molecule has 90 valence electrons. The van der Waals surface area contributed by atoms with Crippen molar-refractivity contribution in [2.45, 2.75) is 38.6 Å². The highest BCUT2D eigenvalue weighted by molar-refractivity contribution is 7.10. The molecule has 0 radical (unpaired) electrons. The van der Waals surface area contributed by atoms with Crippen LogP contribution in [0.15, 0.2) is 17.5 Å². The number of thiophene rings is 1.